The van der Waals surface area contributed by atoms with E-state index in [-0.39, 0.29) is 18.3 Å². The van der Waals surface area contributed by atoms with Crippen molar-refractivity contribution in [3.8, 4) is 11.4 Å². The minimum Gasteiger partial charge on any atom is -0.396 e. The molecule has 2 aromatic carbocycles. The number of nitrogen functional groups attached to an aromatic ring is 1. The number of hydrogen-bond donors (Lipinski definition) is 5. The van der Waals surface area contributed by atoms with Crippen LogP contribution in [0.4, 0.5) is 17.5 Å². The molecule has 0 fully saturated rings. The second kappa shape index (κ2) is 11.6. The highest BCUT2D eigenvalue weighted by molar-refractivity contribution is 6.34. The summed E-state index contributed by atoms with van der Waals surface area (Å²) >= 11 is 6.11. The largest absolute Gasteiger partial charge is 0.396 e. The van der Waals surface area contributed by atoms with E-state index in [1.165, 1.54) is 25.1 Å². The molecule has 0 bridgehead atoms. The molecule has 0 saturated heterocycles. The summed E-state index contributed by atoms with van der Waals surface area (Å²) in [5, 5.41) is 20.8. The summed E-state index contributed by atoms with van der Waals surface area (Å²) in [6.45, 7) is 0.240. The Bertz CT molecular complexity index is 1190. The number of benzene rings is 2. The van der Waals surface area contributed by atoms with Crippen LogP contribution in [0.25, 0.3) is 11.4 Å². The van der Waals surface area contributed by atoms with E-state index >= 15 is 0 Å². The van der Waals surface area contributed by atoms with Crippen molar-refractivity contribution < 1.29 is 9.90 Å². The molecule has 0 aliphatic rings. The number of H-pyrrole nitrogens is 1. The Morgan fingerprint density at radius 1 is 1.18 bits per heavy atom. The molecule has 6 N–H and O–H groups in total. The van der Waals surface area contributed by atoms with E-state index < -0.39 is 0 Å². The van der Waals surface area contributed by atoms with Crippen LogP contribution in [-0.2, 0) is 6.42 Å². The first-order valence-electron chi connectivity index (χ1n) is 9.93. The third kappa shape index (κ3) is 6.48. The molecule has 0 radical (unpaired) electrons. The van der Waals surface area contributed by atoms with E-state index in [4.69, 9.17) is 22.4 Å². The molecular weight excluding hydrogens is 444 g/mol. The van der Waals surface area contributed by atoms with Crippen molar-refractivity contribution in [1.82, 2.24) is 30.5 Å². The normalized spacial score (nSPS) is 10.2. The van der Waals surface area contributed by atoms with Crippen LogP contribution in [0.3, 0.4) is 0 Å². The molecule has 10 nitrogen and oxygen atoms in total. The topological polar surface area (TPSA) is 155 Å². The van der Waals surface area contributed by atoms with Gasteiger partial charge in [-0.2, -0.15) is 10.1 Å². The number of rotatable bonds is 6. The van der Waals surface area contributed by atoms with Crippen molar-refractivity contribution in [2.45, 2.75) is 6.42 Å². The molecule has 33 heavy (non-hydrogen) atoms. The van der Waals surface area contributed by atoms with Gasteiger partial charge >= 0.3 is 0 Å². The Morgan fingerprint density at radius 3 is 2.58 bits per heavy atom. The first-order valence-corrected chi connectivity index (χ1v) is 10.3. The van der Waals surface area contributed by atoms with Gasteiger partial charge in [-0.3, -0.25) is 9.89 Å². The zero-order chi connectivity index (χ0) is 23.6. The molecule has 170 valence electrons. The summed E-state index contributed by atoms with van der Waals surface area (Å²) in [6.07, 6.45) is 3.67. The summed E-state index contributed by atoms with van der Waals surface area (Å²) in [7, 11) is 1.54. The number of halogens is 1. The highest BCUT2D eigenvalue weighted by Gasteiger charge is 2.11. The highest BCUT2D eigenvalue weighted by atomic mass is 35.5. The molecule has 1 amide bonds. The molecule has 4 rings (SSSR count). The lowest BCUT2D eigenvalue weighted by Gasteiger charge is -2.09. The molecule has 0 atom stereocenters. The van der Waals surface area contributed by atoms with Crippen LogP contribution in [-0.4, -0.2) is 49.8 Å². The van der Waals surface area contributed by atoms with Crippen LogP contribution in [0.2, 0.25) is 5.02 Å². The second-order valence-corrected chi connectivity index (χ2v) is 7.09. The van der Waals surface area contributed by atoms with Gasteiger partial charge in [-0.05, 0) is 30.2 Å². The van der Waals surface area contributed by atoms with Gasteiger partial charge in [-0.25, -0.2) is 9.97 Å². The third-order valence-corrected chi connectivity index (χ3v) is 4.74. The number of nitrogens with zero attached hydrogens (tertiary/aromatic N) is 4. The van der Waals surface area contributed by atoms with Crippen LogP contribution in [0, 0.1) is 0 Å². The smallest absolute Gasteiger partial charge is 0.252 e. The van der Waals surface area contributed by atoms with E-state index in [1.807, 2.05) is 30.3 Å². The van der Waals surface area contributed by atoms with Crippen LogP contribution in [0.5, 0.6) is 0 Å². The number of anilines is 3. The highest BCUT2D eigenvalue weighted by Crippen LogP contribution is 2.25. The molecule has 11 heteroatoms. The zero-order valence-corrected chi connectivity index (χ0v) is 18.5. The number of carbonyl (C=O) groups excluding carboxylic acids is 1. The quantitative estimate of drug-likeness (QED) is 0.290. The Kier molecular flexibility index (Phi) is 8.28. The maximum absolute atomic E-state index is 11.6. The van der Waals surface area contributed by atoms with Gasteiger partial charge in [-0.1, -0.05) is 41.9 Å². The van der Waals surface area contributed by atoms with E-state index in [0.717, 1.165) is 6.42 Å². The van der Waals surface area contributed by atoms with Gasteiger partial charge in [0, 0.05) is 25.5 Å². The van der Waals surface area contributed by atoms with Crippen molar-refractivity contribution in [2.24, 2.45) is 0 Å². The van der Waals surface area contributed by atoms with Crippen molar-refractivity contribution in [3.63, 3.8) is 0 Å². The predicted octanol–water partition coefficient (Wildman–Crippen LogP) is 2.82. The number of amides is 1. The zero-order valence-electron chi connectivity index (χ0n) is 17.8. The molecular formula is C22H23ClN8O2. The lowest BCUT2D eigenvalue weighted by atomic mass is 10.2. The summed E-state index contributed by atoms with van der Waals surface area (Å²) in [5.74, 6) is 0.761. The van der Waals surface area contributed by atoms with Crippen LogP contribution < -0.4 is 16.4 Å². The number of carbonyl (C=O) groups is 1. The van der Waals surface area contributed by atoms with Gasteiger partial charge in [0.25, 0.3) is 5.91 Å². The Balaban J connectivity index is 0.000000286. The summed E-state index contributed by atoms with van der Waals surface area (Å²) < 4.78 is 0. The van der Waals surface area contributed by atoms with Crippen LogP contribution >= 0.6 is 11.6 Å². The van der Waals surface area contributed by atoms with Crippen molar-refractivity contribution in [2.75, 3.05) is 24.7 Å². The number of nitrogens with one attached hydrogen (secondary N) is 3. The van der Waals surface area contributed by atoms with Crippen molar-refractivity contribution >= 4 is 35.0 Å². The molecule has 4 aromatic rings. The molecule has 0 saturated carbocycles. The molecule has 2 heterocycles. The third-order valence-electron chi connectivity index (χ3n) is 4.43. The van der Waals surface area contributed by atoms with Crippen molar-refractivity contribution in [3.05, 3.63) is 77.2 Å². The maximum Gasteiger partial charge on any atom is 0.252 e. The number of hydrogen-bond acceptors (Lipinski definition) is 8. The van der Waals surface area contributed by atoms with Crippen molar-refractivity contribution in [1.29, 1.82) is 0 Å². The van der Waals surface area contributed by atoms with Gasteiger partial charge in [0.2, 0.25) is 5.95 Å². The molecule has 0 spiro atoms. The average molecular weight is 467 g/mol. The first kappa shape index (κ1) is 23.6. The summed E-state index contributed by atoms with van der Waals surface area (Å²) in [4.78, 5) is 24.0. The Labute approximate surface area is 195 Å². The Hall–Kier alpha value is -4.02. The lowest BCUT2D eigenvalue weighted by Crippen LogP contribution is -2.18. The van der Waals surface area contributed by atoms with Gasteiger partial charge in [0.15, 0.2) is 5.82 Å². The number of nitrogens with two attached hydrogens (primary N) is 1. The number of aliphatic hydroxyl groups excluding tert-OH is 1. The van der Waals surface area contributed by atoms with E-state index in [1.54, 1.807) is 18.2 Å². The van der Waals surface area contributed by atoms with E-state index in [2.05, 4.69) is 35.8 Å². The fraction of sp³-hybridized carbons (Fsp3) is 0.136. The lowest BCUT2D eigenvalue weighted by molar-refractivity contribution is 0.0963. The summed E-state index contributed by atoms with van der Waals surface area (Å²) in [6, 6.07) is 14.9. The molecule has 0 aliphatic heterocycles. The minimum atomic E-state index is -0.261. The molecule has 0 unspecified atom stereocenters. The first-order chi connectivity index (χ1) is 16.0. The Morgan fingerprint density at radius 2 is 1.97 bits per heavy atom. The predicted molar refractivity (Wildman–Crippen MR) is 127 cm³/mol. The molecule has 2 aromatic heterocycles. The van der Waals surface area contributed by atoms with Gasteiger partial charge < -0.3 is 21.5 Å². The van der Waals surface area contributed by atoms with Gasteiger partial charge in [0.05, 0.1) is 16.1 Å². The van der Waals surface area contributed by atoms with Crippen LogP contribution in [0.15, 0.2) is 61.1 Å². The SMILES string of the molecule is CNC(=O)c1ccc(Nc2ncc(-c3ncn[nH]3)c(N)n2)cc1Cl.OCCc1ccccc1. The average Bonchev–Trinajstić information content (AvgIpc) is 3.35. The summed E-state index contributed by atoms with van der Waals surface area (Å²) in [5.41, 5.74) is 8.67. The molecule has 0 aliphatic carbocycles. The van der Waals surface area contributed by atoms with E-state index in [0.29, 0.717) is 33.6 Å². The minimum absolute atomic E-state index is 0.240. The van der Waals surface area contributed by atoms with Gasteiger partial charge in [-0.15, -0.1) is 0 Å². The van der Waals surface area contributed by atoms with E-state index in [9.17, 15) is 4.79 Å². The fourth-order valence-electron chi connectivity index (χ4n) is 2.79. The second-order valence-electron chi connectivity index (χ2n) is 6.68. The number of aromatic amines is 1. The number of aromatic nitrogens is 5. The maximum atomic E-state index is 11.6. The number of aliphatic hydroxyl groups is 1. The fourth-order valence-corrected chi connectivity index (χ4v) is 3.05. The van der Waals surface area contributed by atoms with Crippen LogP contribution in [0.1, 0.15) is 15.9 Å². The van der Waals surface area contributed by atoms with Gasteiger partial charge in [0.1, 0.15) is 12.1 Å². The standard InChI is InChI=1S/C14H13ClN8O.C8H10O/c1-17-13(24)8-3-2-7(4-10(8)15)21-14-18-5-9(11(16)22-14)12-19-6-20-23-12;9-7-6-8-4-2-1-3-5-8/h2-6H,1H3,(H,17,24)(H,19,20,23)(H3,16,18,21,22);1-5,9H,6-7H2. The monoisotopic (exact) mass is 466 g/mol.